The van der Waals surface area contributed by atoms with E-state index in [1.165, 1.54) is 16.0 Å². The number of nitrogens with one attached hydrogen (secondary N) is 1. The van der Waals surface area contributed by atoms with Gasteiger partial charge in [-0.2, -0.15) is 4.68 Å². The van der Waals surface area contributed by atoms with Crippen molar-refractivity contribution in [3.63, 3.8) is 0 Å². The van der Waals surface area contributed by atoms with E-state index in [-0.39, 0.29) is 11.6 Å². The molecule has 2 atom stereocenters. The lowest BCUT2D eigenvalue weighted by Crippen LogP contribution is -3.18. The van der Waals surface area contributed by atoms with Crippen LogP contribution in [0.4, 0.5) is 0 Å². The van der Waals surface area contributed by atoms with Crippen LogP contribution in [0.5, 0.6) is 5.75 Å². The third kappa shape index (κ3) is 2.66. The lowest BCUT2D eigenvalue weighted by molar-refractivity contribution is -0.957. The van der Waals surface area contributed by atoms with Gasteiger partial charge in [0, 0.05) is 12.0 Å². The van der Waals surface area contributed by atoms with Crippen molar-refractivity contribution in [1.82, 2.24) is 20.2 Å². The third-order valence-electron chi connectivity index (χ3n) is 5.57. The minimum atomic E-state index is 0.0760. The fourth-order valence-corrected chi connectivity index (χ4v) is 3.83. The topological polar surface area (TPSA) is 57.3 Å². The van der Waals surface area contributed by atoms with E-state index in [1.807, 2.05) is 28.9 Å². The second-order valence-corrected chi connectivity index (χ2v) is 7.52. The van der Waals surface area contributed by atoms with E-state index in [0.717, 1.165) is 23.7 Å². The molecule has 0 saturated carbocycles. The second-order valence-electron chi connectivity index (χ2n) is 7.52. The van der Waals surface area contributed by atoms with Crippen molar-refractivity contribution in [2.75, 3.05) is 14.2 Å². The van der Waals surface area contributed by atoms with E-state index in [9.17, 15) is 0 Å². The summed E-state index contributed by atoms with van der Waals surface area (Å²) in [5.41, 5.74) is 3.70. The Morgan fingerprint density at radius 3 is 2.58 bits per heavy atom. The molecule has 134 valence electrons. The third-order valence-corrected chi connectivity index (χ3v) is 5.57. The van der Waals surface area contributed by atoms with Crippen LogP contribution in [0.3, 0.4) is 0 Å². The molecule has 0 radical (unpaired) electrons. The van der Waals surface area contributed by atoms with Gasteiger partial charge >= 0.3 is 0 Å². The highest BCUT2D eigenvalue weighted by atomic mass is 16.5. The molecule has 1 aromatic heterocycles. The monoisotopic (exact) mass is 350 g/mol. The number of rotatable bonds is 3. The van der Waals surface area contributed by atoms with Crippen molar-refractivity contribution in [2.45, 2.75) is 31.8 Å². The van der Waals surface area contributed by atoms with Gasteiger partial charge in [-0.1, -0.05) is 24.3 Å². The summed E-state index contributed by atoms with van der Waals surface area (Å²) in [6.07, 6.45) is 1.04. The van der Waals surface area contributed by atoms with Crippen LogP contribution < -0.4 is 9.64 Å². The zero-order chi connectivity index (χ0) is 18.3. The summed E-state index contributed by atoms with van der Waals surface area (Å²) in [5.74, 6) is 1.67. The number of fused-ring (bicyclic) bond motifs is 1. The number of likely N-dealkylation sites (N-methyl/N-ethyl adjacent to an activating group) is 1. The SMILES string of the molecule is COc1ccc(-n2nnnc2[C@@H]2c3ccccc3CC(C)(C)[NH+]2C)cc1. The molecule has 0 amide bonds. The summed E-state index contributed by atoms with van der Waals surface area (Å²) in [6, 6.07) is 16.5. The van der Waals surface area contributed by atoms with Crippen LogP contribution in [0.1, 0.15) is 36.8 Å². The summed E-state index contributed by atoms with van der Waals surface area (Å²) >= 11 is 0. The zero-order valence-electron chi connectivity index (χ0n) is 15.6. The number of benzene rings is 2. The van der Waals surface area contributed by atoms with Crippen molar-refractivity contribution in [2.24, 2.45) is 0 Å². The highest BCUT2D eigenvalue weighted by Crippen LogP contribution is 2.30. The molecule has 1 unspecified atom stereocenters. The molecule has 26 heavy (non-hydrogen) atoms. The van der Waals surface area contributed by atoms with Gasteiger partial charge in [0.15, 0.2) is 6.04 Å². The molecule has 1 aliphatic heterocycles. The summed E-state index contributed by atoms with van der Waals surface area (Å²) in [7, 11) is 3.89. The first kappa shape index (κ1) is 16.7. The molecule has 2 aromatic carbocycles. The molecule has 1 aliphatic rings. The van der Waals surface area contributed by atoms with E-state index in [2.05, 4.69) is 60.7 Å². The Hall–Kier alpha value is -2.73. The first-order valence-electron chi connectivity index (χ1n) is 8.86. The van der Waals surface area contributed by atoms with Crippen molar-refractivity contribution in [3.8, 4) is 11.4 Å². The largest absolute Gasteiger partial charge is 0.497 e. The summed E-state index contributed by atoms with van der Waals surface area (Å²) in [4.78, 5) is 1.39. The Labute approximate surface area is 153 Å². The van der Waals surface area contributed by atoms with Gasteiger partial charge in [-0.25, -0.2) is 0 Å². The Morgan fingerprint density at radius 1 is 1.12 bits per heavy atom. The number of quaternary nitrogens is 1. The van der Waals surface area contributed by atoms with E-state index >= 15 is 0 Å². The standard InChI is InChI=1S/C20H23N5O/c1-20(2)13-14-7-5-6-8-17(14)18(24(20)3)19-21-22-23-25(19)15-9-11-16(26-4)12-10-15/h5-12,18H,13H2,1-4H3/p+1/t18-/m0/s1. The first-order valence-corrected chi connectivity index (χ1v) is 8.86. The van der Waals surface area contributed by atoms with Crippen LogP contribution in [0.15, 0.2) is 48.5 Å². The van der Waals surface area contributed by atoms with Crippen molar-refractivity contribution in [3.05, 3.63) is 65.5 Å². The van der Waals surface area contributed by atoms with Crippen molar-refractivity contribution < 1.29 is 9.64 Å². The van der Waals surface area contributed by atoms with Crippen LogP contribution in [0.2, 0.25) is 0 Å². The number of tetrazole rings is 1. The molecule has 6 nitrogen and oxygen atoms in total. The molecule has 4 rings (SSSR count). The Balaban J connectivity index is 1.84. The van der Waals surface area contributed by atoms with Gasteiger partial charge in [-0.3, -0.25) is 0 Å². The van der Waals surface area contributed by atoms with E-state index < -0.39 is 0 Å². The minimum Gasteiger partial charge on any atom is -0.497 e. The van der Waals surface area contributed by atoms with Gasteiger partial charge in [-0.05, 0) is 54.1 Å². The molecule has 0 fully saturated rings. The molecule has 0 saturated heterocycles. The molecule has 0 aliphatic carbocycles. The van der Waals surface area contributed by atoms with Crippen molar-refractivity contribution in [1.29, 1.82) is 0 Å². The van der Waals surface area contributed by atoms with Crippen LogP contribution in [-0.4, -0.2) is 39.9 Å². The average molecular weight is 350 g/mol. The maximum Gasteiger partial charge on any atom is 0.219 e. The zero-order valence-corrected chi connectivity index (χ0v) is 15.6. The molecule has 2 heterocycles. The van der Waals surface area contributed by atoms with E-state index in [0.29, 0.717) is 0 Å². The molecule has 1 N–H and O–H groups in total. The van der Waals surface area contributed by atoms with Gasteiger partial charge < -0.3 is 9.64 Å². The smallest absolute Gasteiger partial charge is 0.219 e. The fraction of sp³-hybridized carbons (Fsp3) is 0.350. The lowest BCUT2D eigenvalue weighted by atomic mass is 9.81. The summed E-state index contributed by atoms with van der Waals surface area (Å²) in [5, 5.41) is 12.7. The van der Waals surface area contributed by atoms with Gasteiger partial charge in [0.05, 0.1) is 25.4 Å². The number of aromatic nitrogens is 4. The normalized spacial score (nSPS) is 21.2. The van der Waals surface area contributed by atoms with Crippen LogP contribution in [-0.2, 0) is 6.42 Å². The number of nitrogens with zero attached hydrogens (tertiary/aromatic N) is 4. The molecule has 0 bridgehead atoms. The average Bonchev–Trinajstić information content (AvgIpc) is 3.12. The van der Waals surface area contributed by atoms with Gasteiger partial charge in [-0.15, -0.1) is 5.10 Å². The predicted molar refractivity (Wildman–Crippen MR) is 98.7 cm³/mol. The highest BCUT2D eigenvalue weighted by Gasteiger charge is 2.44. The number of hydrogen-bond donors (Lipinski definition) is 1. The van der Waals surface area contributed by atoms with Gasteiger partial charge in [0.2, 0.25) is 5.82 Å². The maximum absolute atomic E-state index is 5.26. The number of ether oxygens (including phenoxy) is 1. The quantitative estimate of drug-likeness (QED) is 0.780. The molecular weight excluding hydrogens is 326 g/mol. The Morgan fingerprint density at radius 2 is 1.85 bits per heavy atom. The van der Waals surface area contributed by atoms with Crippen LogP contribution in [0.25, 0.3) is 5.69 Å². The predicted octanol–water partition coefficient (Wildman–Crippen LogP) is 1.61. The summed E-state index contributed by atoms with van der Waals surface area (Å²) in [6.45, 7) is 4.60. The van der Waals surface area contributed by atoms with Gasteiger partial charge in [0.1, 0.15) is 5.75 Å². The Bertz CT molecular complexity index is 916. The molecular formula is C20H24N5O+. The summed E-state index contributed by atoms with van der Waals surface area (Å²) < 4.78 is 7.10. The Kier molecular flexibility index (Phi) is 4.00. The first-order chi connectivity index (χ1) is 12.5. The molecule has 0 spiro atoms. The lowest BCUT2D eigenvalue weighted by Gasteiger charge is -2.42. The van der Waals surface area contributed by atoms with Crippen LogP contribution >= 0.6 is 0 Å². The highest BCUT2D eigenvalue weighted by molar-refractivity contribution is 5.40. The van der Waals surface area contributed by atoms with Crippen molar-refractivity contribution >= 4 is 0 Å². The number of hydrogen-bond acceptors (Lipinski definition) is 4. The van der Waals surface area contributed by atoms with E-state index in [4.69, 9.17) is 4.74 Å². The fourth-order valence-electron chi connectivity index (χ4n) is 3.83. The van der Waals surface area contributed by atoms with Crippen LogP contribution in [0, 0.1) is 0 Å². The van der Waals surface area contributed by atoms with Gasteiger partial charge in [0.25, 0.3) is 0 Å². The molecule has 3 aromatic rings. The second kappa shape index (κ2) is 6.21. The number of methoxy groups -OCH3 is 1. The maximum atomic E-state index is 5.26. The molecule has 6 heteroatoms. The minimum absolute atomic E-state index is 0.0760. The van der Waals surface area contributed by atoms with E-state index in [1.54, 1.807) is 7.11 Å².